The SMILES string of the molecule is OC1CCN(Cc2coc(Br)c2)CC1. The Labute approximate surface area is 91.8 Å². The summed E-state index contributed by atoms with van der Waals surface area (Å²) in [6.07, 6.45) is 3.45. The van der Waals surface area contributed by atoms with Crippen molar-refractivity contribution in [2.75, 3.05) is 13.1 Å². The molecule has 1 N–H and O–H groups in total. The van der Waals surface area contributed by atoms with Crippen LogP contribution in [0.5, 0.6) is 0 Å². The van der Waals surface area contributed by atoms with Crippen LogP contribution < -0.4 is 0 Å². The average molecular weight is 260 g/mol. The van der Waals surface area contributed by atoms with E-state index in [4.69, 9.17) is 4.42 Å². The third-order valence-corrected chi connectivity index (χ3v) is 3.00. The summed E-state index contributed by atoms with van der Waals surface area (Å²) in [6, 6.07) is 1.99. The zero-order chi connectivity index (χ0) is 9.97. The van der Waals surface area contributed by atoms with Gasteiger partial charge in [-0.25, -0.2) is 0 Å². The average Bonchev–Trinajstić information content (AvgIpc) is 2.56. The lowest BCUT2D eigenvalue weighted by molar-refractivity contribution is 0.0791. The Hall–Kier alpha value is -0.320. The van der Waals surface area contributed by atoms with Crippen molar-refractivity contribution in [2.45, 2.75) is 25.5 Å². The first-order valence-electron chi connectivity index (χ1n) is 4.87. The van der Waals surface area contributed by atoms with Crippen molar-refractivity contribution < 1.29 is 9.52 Å². The van der Waals surface area contributed by atoms with Crippen LogP contribution in [0.4, 0.5) is 0 Å². The van der Waals surface area contributed by atoms with Crippen LogP contribution in [-0.4, -0.2) is 29.2 Å². The molecular weight excluding hydrogens is 246 g/mol. The Balaban J connectivity index is 1.86. The van der Waals surface area contributed by atoms with Gasteiger partial charge in [-0.15, -0.1) is 0 Å². The molecule has 3 nitrogen and oxygen atoms in total. The number of aliphatic hydroxyl groups excluding tert-OH is 1. The highest BCUT2D eigenvalue weighted by atomic mass is 79.9. The quantitative estimate of drug-likeness (QED) is 0.883. The first-order valence-corrected chi connectivity index (χ1v) is 5.66. The maximum atomic E-state index is 9.34. The molecule has 0 spiro atoms. The molecule has 0 aromatic carbocycles. The molecule has 1 aromatic heterocycles. The molecular formula is C10H14BrNO2. The fraction of sp³-hybridized carbons (Fsp3) is 0.600. The van der Waals surface area contributed by atoms with E-state index in [0.717, 1.165) is 37.1 Å². The largest absolute Gasteiger partial charge is 0.457 e. The van der Waals surface area contributed by atoms with Crippen molar-refractivity contribution in [3.63, 3.8) is 0 Å². The van der Waals surface area contributed by atoms with Gasteiger partial charge in [0.2, 0.25) is 0 Å². The third-order valence-electron chi connectivity index (χ3n) is 2.59. The van der Waals surface area contributed by atoms with Crippen LogP contribution in [0, 0.1) is 0 Å². The van der Waals surface area contributed by atoms with Crippen LogP contribution in [0.25, 0.3) is 0 Å². The number of halogens is 1. The molecule has 1 aromatic rings. The molecule has 0 saturated carbocycles. The number of likely N-dealkylation sites (tertiary alicyclic amines) is 1. The molecule has 14 heavy (non-hydrogen) atoms. The number of nitrogens with zero attached hydrogens (tertiary/aromatic N) is 1. The summed E-state index contributed by atoms with van der Waals surface area (Å²) in [7, 11) is 0. The monoisotopic (exact) mass is 259 g/mol. The number of piperidine rings is 1. The zero-order valence-electron chi connectivity index (χ0n) is 7.95. The Bertz CT molecular complexity index is 292. The molecule has 1 saturated heterocycles. The van der Waals surface area contributed by atoms with Crippen molar-refractivity contribution in [1.29, 1.82) is 0 Å². The Morgan fingerprint density at radius 2 is 2.21 bits per heavy atom. The Morgan fingerprint density at radius 3 is 2.79 bits per heavy atom. The van der Waals surface area contributed by atoms with Crippen LogP contribution in [-0.2, 0) is 6.54 Å². The summed E-state index contributed by atoms with van der Waals surface area (Å²) < 4.78 is 5.95. The summed E-state index contributed by atoms with van der Waals surface area (Å²) in [5.41, 5.74) is 1.19. The molecule has 4 heteroatoms. The van der Waals surface area contributed by atoms with Gasteiger partial charge in [0.05, 0.1) is 12.4 Å². The van der Waals surface area contributed by atoms with E-state index in [0.29, 0.717) is 0 Å². The van der Waals surface area contributed by atoms with Crippen LogP contribution in [0.1, 0.15) is 18.4 Å². The van der Waals surface area contributed by atoms with Crippen molar-refractivity contribution in [3.8, 4) is 0 Å². The highest BCUT2D eigenvalue weighted by molar-refractivity contribution is 9.10. The molecule has 0 amide bonds. The number of rotatable bonds is 2. The lowest BCUT2D eigenvalue weighted by atomic mass is 10.1. The minimum atomic E-state index is -0.0951. The molecule has 0 bridgehead atoms. The van der Waals surface area contributed by atoms with Crippen molar-refractivity contribution in [1.82, 2.24) is 4.90 Å². The van der Waals surface area contributed by atoms with Gasteiger partial charge in [0.15, 0.2) is 4.67 Å². The van der Waals surface area contributed by atoms with E-state index in [1.807, 2.05) is 6.07 Å². The highest BCUT2D eigenvalue weighted by Crippen LogP contribution is 2.18. The topological polar surface area (TPSA) is 36.6 Å². The van der Waals surface area contributed by atoms with E-state index >= 15 is 0 Å². The van der Waals surface area contributed by atoms with Crippen LogP contribution in [0.2, 0.25) is 0 Å². The zero-order valence-corrected chi connectivity index (χ0v) is 9.53. The standard InChI is InChI=1S/C10H14BrNO2/c11-10-5-8(7-14-10)6-12-3-1-9(13)2-4-12/h5,7,9,13H,1-4,6H2. The van der Waals surface area contributed by atoms with Gasteiger partial charge in [0.25, 0.3) is 0 Å². The van der Waals surface area contributed by atoms with Gasteiger partial charge >= 0.3 is 0 Å². The maximum Gasteiger partial charge on any atom is 0.169 e. The molecule has 1 aliphatic rings. The fourth-order valence-corrected chi connectivity index (χ4v) is 2.15. The summed E-state index contributed by atoms with van der Waals surface area (Å²) in [4.78, 5) is 2.34. The number of aliphatic hydroxyl groups is 1. The van der Waals surface area contributed by atoms with E-state index in [1.165, 1.54) is 5.56 Å². The van der Waals surface area contributed by atoms with Gasteiger partial charge < -0.3 is 9.52 Å². The predicted octanol–water partition coefficient (Wildman–Crippen LogP) is 2.00. The minimum Gasteiger partial charge on any atom is -0.457 e. The normalized spacial score (nSPS) is 20.1. The van der Waals surface area contributed by atoms with Crippen LogP contribution >= 0.6 is 15.9 Å². The van der Waals surface area contributed by atoms with E-state index in [-0.39, 0.29) is 6.10 Å². The number of hydrogen-bond acceptors (Lipinski definition) is 3. The summed E-state index contributed by atoms with van der Waals surface area (Å²) in [5, 5.41) is 9.34. The first-order chi connectivity index (χ1) is 6.74. The van der Waals surface area contributed by atoms with E-state index in [1.54, 1.807) is 6.26 Å². The van der Waals surface area contributed by atoms with E-state index < -0.39 is 0 Å². The molecule has 1 fully saturated rings. The molecule has 0 radical (unpaired) electrons. The lowest BCUT2D eigenvalue weighted by Crippen LogP contribution is -2.35. The van der Waals surface area contributed by atoms with Crippen molar-refractivity contribution in [3.05, 3.63) is 22.6 Å². The molecule has 0 atom stereocenters. The molecule has 2 rings (SSSR count). The van der Waals surface area contributed by atoms with E-state index in [9.17, 15) is 5.11 Å². The van der Waals surface area contributed by atoms with E-state index in [2.05, 4.69) is 20.8 Å². The second-order valence-corrected chi connectivity index (χ2v) is 4.55. The Kier molecular flexibility index (Phi) is 3.26. The second kappa shape index (κ2) is 4.47. The summed E-state index contributed by atoms with van der Waals surface area (Å²) in [5.74, 6) is 0. The molecule has 0 aliphatic carbocycles. The van der Waals surface area contributed by atoms with Crippen molar-refractivity contribution in [2.24, 2.45) is 0 Å². The van der Waals surface area contributed by atoms with Gasteiger partial charge in [-0.05, 0) is 34.8 Å². The molecule has 78 valence electrons. The van der Waals surface area contributed by atoms with Crippen LogP contribution in [0.15, 0.2) is 21.4 Å². The summed E-state index contributed by atoms with van der Waals surface area (Å²) in [6.45, 7) is 2.87. The van der Waals surface area contributed by atoms with Crippen LogP contribution in [0.3, 0.4) is 0 Å². The number of hydrogen-bond donors (Lipinski definition) is 1. The van der Waals surface area contributed by atoms with Crippen molar-refractivity contribution >= 4 is 15.9 Å². The molecule has 0 unspecified atom stereocenters. The summed E-state index contributed by atoms with van der Waals surface area (Å²) >= 11 is 3.28. The van der Waals surface area contributed by atoms with Gasteiger partial charge in [0, 0.05) is 25.2 Å². The Morgan fingerprint density at radius 1 is 1.50 bits per heavy atom. The maximum absolute atomic E-state index is 9.34. The smallest absolute Gasteiger partial charge is 0.169 e. The molecule has 1 aliphatic heterocycles. The fourth-order valence-electron chi connectivity index (χ4n) is 1.76. The third kappa shape index (κ3) is 2.59. The second-order valence-electron chi connectivity index (χ2n) is 3.77. The van der Waals surface area contributed by atoms with Gasteiger partial charge in [0.1, 0.15) is 0 Å². The van der Waals surface area contributed by atoms with Gasteiger partial charge in [-0.2, -0.15) is 0 Å². The highest BCUT2D eigenvalue weighted by Gasteiger charge is 2.17. The lowest BCUT2D eigenvalue weighted by Gasteiger charge is -2.28. The number of furan rings is 1. The molecule has 2 heterocycles. The predicted molar refractivity (Wildman–Crippen MR) is 56.9 cm³/mol. The minimum absolute atomic E-state index is 0.0951. The van der Waals surface area contributed by atoms with Gasteiger partial charge in [-0.1, -0.05) is 0 Å². The first kappa shape index (κ1) is 10.2. The van der Waals surface area contributed by atoms with Gasteiger partial charge in [-0.3, -0.25) is 4.90 Å².